The van der Waals surface area contributed by atoms with Crippen LogP contribution in [0.15, 0.2) is 18.3 Å². The van der Waals surface area contributed by atoms with Crippen molar-refractivity contribution >= 4 is 11.6 Å². The van der Waals surface area contributed by atoms with Crippen LogP contribution in [-0.2, 0) is 4.79 Å². The maximum absolute atomic E-state index is 10.9. The molecule has 0 fully saturated rings. The van der Waals surface area contributed by atoms with Crippen LogP contribution in [0.1, 0.15) is 19.0 Å². The van der Waals surface area contributed by atoms with Crippen molar-refractivity contribution in [1.82, 2.24) is 4.98 Å². The SMILES string of the molecule is CCC(=O)Nc1ccc(C)nc1. The van der Waals surface area contributed by atoms with Gasteiger partial charge in [-0.05, 0) is 19.1 Å². The second-order valence-electron chi connectivity index (χ2n) is 2.59. The fraction of sp³-hybridized carbons (Fsp3) is 0.333. The van der Waals surface area contributed by atoms with Crippen molar-refractivity contribution in [2.45, 2.75) is 20.3 Å². The number of anilines is 1. The van der Waals surface area contributed by atoms with Crippen LogP contribution < -0.4 is 5.32 Å². The minimum Gasteiger partial charge on any atom is -0.325 e. The molecule has 0 saturated heterocycles. The Balaban J connectivity index is 2.64. The molecule has 1 rings (SSSR count). The number of hydrogen-bond acceptors (Lipinski definition) is 2. The van der Waals surface area contributed by atoms with E-state index in [1.807, 2.05) is 26.0 Å². The van der Waals surface area contributed by atoms with Gasteiger partial charge in [-0.25, -0.2) is 0 Å². The first-order valence-corrected chi connectivity index (χ1v) is 3.95. The highest BCUT2D eigenvalue weighted by atomic mass is 16.1. The van der Waals surface area contributed by atoms with Crippen molar-refractivity contribution in [3.05, 3.63) is 24.0 Å². The van der Waals surface area contributed by atoms with Gasteiger partial charge < -0.3 is 5.32 Å². The van der Waals surface area contributed by atoms with E-state index < -0.39 is 0 Å². The Morgan fingerprint density at radius 2 is 2.33 bits per heavy atom. The molecule has 3 heteroatoms. The third-order valence-corrected chi connectivity index (χ3v) is 1.52. The summed E-state index contributed by atoms with van der Waals surface area (Å²) in [5, 5.41) is 2.72. The van der Waals surface area contributed by atoms with E-state index in [1.54, 1.807) is 6.20 Å². The van der Waals surface area contributed by atoms with Crippen LogP contribution in [0.25, 0.3) is 0 Å². The fourth-order valence-electron chi connectivity index (χ4n) is 0.791. The van der Waals surface area contributed by atoms with Crippen molar-refractivity contribution in [3.63, 3.8) is 0 Å². The Morgan fingerprint density at radius 3 is 2.83 bits per heavy atom. The van der Waals surface area contributed by atoms with E-state index in [2.05, 4.69) is 10.3 Å². The molecule has 1 amide bonds. The highest BCUT2D eigenvalue weighted by Crippen LogP contribution is 2.05. The summed E-state index contributed by atoms with van der Waals surface area (Å²) in [5.74, 6) is 0.0145. The zero-order valence-corrected chi connectivity index (χ0v) is 7.29. The number of aryl methyl sites for hydroxylation is 1. The number of carbonyl (C=O) groups excluding carboxylic acids is 1. The minimum absolute atomic E-state index is 0.0145. The predicted molar refractivity (Wildman–Crippen MR) is 47.9 cm³/mol. The maximum Gasteiger partial charge on any atom is 0.224 e. The number of rotatable bonds is 2. The highest BCUT2D eigenvalue weighted by Gasteiger charge is 1.97. The van der Waals surface area contributed by atoms with Crippen LogP contribution in [0.2, 0.25) is 0 Å². The lowest BCUT2D eigenvalue weighted by atomic mass is 10.3. The molecule has 0 radical (unpaired) electrons. The van der Waals surface area contributed by atoms with Gasteiger partial charge in [-0.15, -0.1) is 0 Å². The maximum atomic E-state index is 10.9. The first-order chi connectivity index (χ1) is 5.72. The van der Waals surface area contributed by atoms with E-state index >= 15 is 0 Å². The van der Waals surface area contributed by atoms with E-state index in [9.17, 15) is 4.79 Å². The molecular weight excluding hydrogens is 152 g/mol. The minimum atomic E-state index is 0.0145. The molecule has 0 spiro atoms. The van der Waals surface area contributed by atoms with Crippen LogP contribution >= 0.6 is 0 Å². The average molecular weight is 164 g/mol. The number of nitrogens with one attached hydrogen (secondary N) is 1. The lowest BCUT2D eigenvalue weighted by Crippen LogP contribution is -2.09. The third kappa shape index (κ3) is 2.34. The van der Waals surface area contributed by atoms with Gasteiger partial charge in [-0.3, -0.25) is 9.78 Å². The second kappa shape index (κ2) is 3.85. The van der Waals surface area contributed by atoms with E-state index in [0.717, 1.165) is 11.4 Å². The van der Waals surface area contributed by atoms with Gasteiger partial charge in [-0.1, -0.05) is 6.92 Å². The quantitative estimate of drug-likeness (QED) is 0.723. The number of amides is 1. The zero-order valence-electron chi connectivity index (χ0n) is 7.29. The summed E-state index contributed by atoms with van der Waals surface area (Å²) in [4.78, 5) is 15.0. The second-order valence-corrected chi connectivity index (χ2v) is 2.59. The standard InChI is InChI=1S/C9H12N2O/c1-3-9(12)11-8-5-4-7(2)10-6-8/h4-6H,3H2,1-2H3,(H,11,12). The molecule has 0 atom stereocenters. The number of hydrogen-bond donors (Lipinski definition) is 1. The highest BCUT2D eigenvalue weighted by molar-refractivity contribution is 5.90. The van der Waals surface area contributed by atoms with Gasteiger partial charge in [0, 0.05) is 12.1 Å². The van der Waals surface area contributed by atoms with Gasteiger partial charge in [0.25, 0.3) is 0 Å². The first-order valence-electron chi connectivity index (χ1n) is 3.95. The van der Waals surface area contributed by atoms with Crippen LogP contribution in [0.4, 0.5) is 5.69 Å². The van der Waals surface area contributed by atoms with Crippen molar-refractivity contribution in [2.75, 3.05) is 5.32 Å². The molecule has 1 N–H and O–H groups in total. The zero-order chi connectivity index (χ0) is 8.97. The molecule has 0 aliphatic heterocycles. The van der Waals surface area contributed by atoms with Gasteiger partial charge >= 0.3 is 0 Å². The van der Waals surface area contributed by atoms with Gasteiger partial charge in [0.05, 0.1) is 11.9 Å². The summed E-state index contributed by atoms with van der Waals surface area (Å²) in [5.41, 5.74) is 1.71. The molecule has 12 heavy (non-hydrogen) atoms. The molecule has 3 nitrogen and oxygen atoms in total. The van der Waals surface area contributed by atoms with Crippen molar-refractivity contribution in [1.29, 1.82) is 0 Å². The van der Waals surface area contributed by atoms with E-state index in [-0.39, 0.29) is 5.91 Å². The molecule has 1 heterocycles. The molecule has 1 aromatic rings. The Labute approximate surface area is 71.8 Å². The third-order valence-electron chi connectivity index (χ3n) is 1.52. The molecular formula is C9H12N2O. The lowest BCUT2D eigenvalue weighted by Gasteiger charge is -2.01. The largest absolute Gasteiger partial charge is 0.325 e. The number of aromatic nitrogens is 1. The average Bonchev–Trinajstić information content (AvgIpc) is 2.09. The Morgan fingerprint density at radius 1 is 1.58 bits per heavy atom. The van der Waals surface area contributed by atoms with E-state index in [4.69, 9.17) is 0 Å². The number of carbonyl (C=O) groups is 1. The molecule has 0 saturated carbocycles. The smallest absolute Gasteiger partial charge is 0.224 e. The lowest BCUT2D eigenvalue weighted by molar-refractivity contribution is -0.115. The van der Waals surface area contributed by atoms with E-state index in [0.29, 0.717) is 6.42 Å². The van der Waals surface area contributed by atoms with Crippen LogP contribution in [0.3, 0.4) is 0 Å². The Hall–Kier alpha value is -1.38. The summed E-state index contributed by atoms with van der Waals surface area (Å²) >= 11 is 0. The molecule has 0 aliphatic rings. The summed E-state index contributed by atoms with van der Waals surface area (Å²) in [7, 11) is 0. The molecule has 0 aliphatic carbocycles. The molecule has 1 aromatic heterocycles. The first kappa shape index (κ1) is 8.71. The van der Waals surface area contributed by atoms with Crippen molar-refractivity contribution < 1.29 is 4.79 Å². The van der Waals surface area contributed by atoms with Crippen LogP contribution in [0, 0.1) is 6.92 Å². The molecule has 64 valence electrons. The predicted octanol–water partition coefficient (Wildman–Crippen LogP) is 1.74. The fourth-order valence-corrected chi connectivity index (χ4v) is 0.791. The summed E-state index contributed by atoms with van der Waals surface area (Å²) in [6.07, 6.45) is 2.15. The normalized spacial score (nSPS) is 9.50. The topological polar surface area (TPSA) is 42.0 Å². The van der Waals surface area contributed by atoms with Gasteiger partial charge in [0.1, 0.15) is 0 Å². The summed E-state index contributed by atoms with van der Waals surface area (Å²) in [6, 6.07) is 3.71. The van der Waals surface area contributed by atoms with Crippen LogP contribution in [-0.4, -0.2) is 10.9 Å². The molecule has 0 bridgehead atoms. The Bertz CT molecular complexity index is 266. The summed E-state index contributed by atoms with van der Waals surface area (Å²) < 4.78 is 0. The summed E-state index contributed by atoms with van der Waals surface area (Å²) in [6.45, 7) is 3.72. The van der Waals surface area contributed by atoms with E-state index in [1.165, 1.54) is 0 Å². The number of pyridine rings is 1. The van der Waals surface area contributed by atoms with Crippen molar-refractivity contribution in [2.24, 2.45) is 0 Å². The van der Waals surface area contributed by atoms with Gasteiger partial charge in [0.15, 0.2) is 0 Å². The van der Waals surface area contributed by atoms with Gasteiger partial charge in [0.2, 0.25) is 5.91 Å². The van der Waals surface area contributed by atoms with Gasteiger partial charge in [-0.2, -0.15) is 0 Å². The van der Waals surface area contributed by atoms with Crippen molar-refractivity contribution in [3.8, 4) is 0 Å². The molecule has 0 aromatic carbocycles. The van der Waals surface area contributed by atoms with Crippen LogP contribution in [0.5, 0.6) is 0 Å². The number of nitrogens with zero attached hydrogens (tertiary/aromatic N) is 1. The Kier molecular flexibility index (Phi) is 2.80. The molecule has 0 unspecified atom stereocenters. The monoisotopic (exact) mass is 164 g/mol.